The minimum atomic E-state index is -4.08. The first-order chi connectivity index (χ1) is 17.8. The lowest BCUT2D eigenvalue weighted by Gasteiger charge is -2.26. The summed E-state index contributed by atoms with van der Waals surface area (Å²) in [6.07, 6.45) is 1.71. The smallest absolute Gasteiger partial charge is 0.264 e. The van der Waals surface area contributed by atoms with E-state index in [0.29, 0.717) is 5.75 Å². The molecule has 3 aromatic carbocycles. The van der Waals surface area contributed by atoms with Gasteiger partial charge in [0.25, 0.3) is 15.9 Å². The molecule has 1 fully saturated rings. The van der Waals surface area contributed by atoms with Gasteiger partial charge in [0.1, 0.15) is 24.1 Å². The molecule has 37 heavy (non-hydrogen) atoms. The number of ether oxygens (including phenoxy) is 2. The highest BCUT2D eigenvalue weighted by Crippen LogP contribution is 2.33. The SMILES string of the molecule is COc1ccc(C)cc1N(CC(=O)N/N=C\c1cccc(OC2CSC2)c1)S(=O)(=O)c1ccc(C)cc1. The van der Waals surface area contributed by atoms with Crippen LogP contribution in [-0.2, 0) is 14.8 Å². The average molecular weight is 540 g/mol. The molecule has 0 radical (unpaired) electrons. The Balaban J connectivity index is 1.54. The van der Waals surface area contributed by atoms with Gasteiger partial charge < -0.3 is 9.47 Å². The van der Waals surface area contributed by atoms with Gasteiger partial charge in [-0.15, -0.1) is 0 Å². The number of hydrogen-bond donors (Lipinski definition) is 1. The van der Waals surface area contributed by atoms with Gasteiger partial charge in [0.05, 0.1) is 23.9 Å². The van der Waals surface area contributed by atoms with Gasteiger partial charge in [-0.1, -0.05) is 35.9 Å². The number of hydrogen-bond acceptors (Lipinski definition) is 7. The lowest BCUT2D eigenvalue weighted by atomic mass is 10.2. The summed E-state index contributed by atoms with van der Waals surface area (Å²) in [5.74, 6) is 2.42. The van der Waals surface area contributed by atoms with Gasteiger partial charge in [-0.25, -0.2) is 13.8 Å². The van der Waals surface area contributed by atoms with E-state index in [4.69, 9.17) is 9.47 Å². The van der Waals surface area contributed by atoms with E-state index in [2.05, 4.69) is 10.5 Å². The largest absolute Gasteiger partial charge is 0.495 e. The highest BCUT2D eigenvalue weighted by atomic mass is 32.2. The molecule has 0 spiro atoms. The molecule has 0 unspecified atom stereocenters. The van der Waals surface area contributed by atoms with Crippen molar-refractivity contribution in [3.05, 3.63) is 83.4 Å². The summed E-state index contributed by atoms with van der Waals surface area (Å²) < 4.78 is 39.6. The molecule has 3 aromatic rings. The van der Waals surface area contributed by atoms with Crippen LogP contribution in [0.4, 0.5) is 5.69 Å². The fourth-order valence-corrected chi connectivity index (χ4v) is 5.61. The number of rotatable bonds is 10. The predicted molar refractivity (Wildman–Crippen MR) is 147 cm³/mol. The Hall–Kier alpha value is -3.50. The third-order valence-electron chi connectivity index (χ3n) is 5.67. The number of anilines is 1. The van der Waals surface area contributed by atoms with Crippen molar-refractivity contribution in [2.75, 3.05) is 29.5 Å². The van der Waals surface area contributed by atoms with Gasteiger partial charge in [0, 0.05) is 11.5 Å². The fraction of sp³-hybridized carbons (Fsp3) is 0.259. The Morgan fingerprint density at radius 1 is 1.08 bits per heavy atom. The number of nitrogens with zero attached hydrogens (tertiary/aromatic N) is 2. The molecule has 0 atom stereocenters. The van der Waals surface area contributed by atoms with Crippen LogP contribution in [0, 0.1) is 13.8 Å². The van der Waals surface area contributed by atoms with E-state index < -0.39 is 22.5 Å². The molecule has 4 rings (SSSR count). The summed E-state index contributed by atoms with van der Waals surface area (Å²) in [6.45, 7) is 3.22. The zero-order valence-electron chi connectivity index (χ0n) is 20.9. The first-order valence-corrected chi connectivity index (χ1v) is 14.3. The van der Waals surface area contributed by atoms with Crippen LogP contribution < -0.4 is 19.2 Å². The number of carbonyl (C=O) groups is 1. The maximum absolute atomic E-state index is 13.6. The van der Waals surface area contributed by atoms with E-state index in [9.17, 15) is 13.2 Å². The second-order valence-corrected chi connectivity index (χ2v) is 11.6. The van der Waals surface area contributed by atoms with Crippen molar-refractivity contribution in [2.24, 2.45) is 5.10 Å². The topological polar surface area (TPSA) is 97.3 Å². The Kier molecular flexibility index (Phi) is 8.40. The zero-order chi connectivity index (χ0) is 26.4. The van der Waals surface area contributed by atoms with Crippen LogP contribution in [0.3, 0.4) is 0 Å². The van der Waals surface area contributed by atoms with Crippen LogP contribution in [0.25, 0.3) is 0 Å². The summed E-state index contributed by atoms with van der Waals surface area (Å²) in [6, 6.07) is 19.0. The molecule has 1 heterocycles. The Morgan fingerprint density at radius 2 is 1.81 bits per heavy atom. The first-order valence-electron chi connectivity index (χ1n) is 11.7. The van der Waals surface area contributed by atoms with E-state index in [1.165, 1.54) is 25.5 Å². The monoisotopic (exact) mass is 539 g/mol. The number of methoxy groups -OCH3 is 1. The van der Waals surface area contributed by atoms with E-state index in [-0.39, 0.29) is 16.7 Å². The van der Waals surface area contributed by atoms with Gasteiger partial charge in [0.2, 0.25) is 0 Å². The van der Waals surface area contributed by atoms with E-state index in [1.807, 2.05) is 55.9 Å². The Bertz CT molecular complexity index is 1390. The number of aryl methyl sites for hydroxylation is 2. The minimum absolute atomic E-state index is 0.0691. The second-order valence-electron chi connectivity index (χ2n) is 8.64. The van der Waals surface area contributed by atoms with Crippen LogP contribution in [-0.4, -0.2) is 51.8 Å². The van der Waals surface area contributed by atoms with Crippen molar-refractivity contribution in [2.45, 2.75) is 24.8 Å². The lowest BCUT2D eigenvalue weighted by Crippen LogP contribution is -2.39. The lowest BCUT2D eigenvalue weighted by molar-refractivity contribution is -0.119. The molecular formula is C27H29N3O5S2. The summed E-state index contributed by atoms with van der Waals surface area (Å²) in [5.41, 5.74) is 5.19. The van der Waals surface area contributed by atoms with Crippen molar-refractivity contribution in [3.63, 3.8) is 0 Å². The van der Waals surface area contributed by atoms with Crippen LogP contribution in [0.5, 0.6) is 11.5 Å². The van der Waals surface area contributed by atoms with Gasteiger partial charge in [-0.05, 0) is 61.4 Å². The highest BCUT2D eigenvalue weighted by Gasteiger charge is 2.29. The molecule has 1 aliphatic heterocycles. The molecule has 1 aliphatic rings. The van der Waals surface area contributed by atoms with Crippen molar-refractivity contribution in [1.82, 2.24) is 5.43 Å². The summed E-state index contributed by atoms with van der Waals surface area (Å²) in [5, 5.41) is 4.03. The molecular weight excluding hydrogens is 510 g/mol. The molecule has 1 amide bonds. The quantitative estimate of drug-likeness (QED) is 0.307. The first kappa shape index (κ1) is 26.6. The molecule has 0 aromatic heterocycles. The third-order valence-corrected chi connectivity index (χ3v) is 8.66. The maximum atomic E-state index is 13.6. The Labute approximate surface area is 221 Å². The molecule has 10 heteroatoms. The van der Waals surface area contributed by atoms with Gasteiger partial charge >= 0.3 is 0 Å². The van der Waals surface area contributed by atoms with Crippen molar-refractivity contribution in [1.29, 1.82) is 0 Å². The minimum Gasteiger partial charge on any atom is -0.495 e. The number of thioether (sulfide) groups is 1. The van der Waals surface area contributed by atoms with Crippen molar-refractivity contribution < 1.29 is 22.7 Å². The zero-order valence-corrected chi connectivity index (χ0v) is 22.5. The second kappa shape index (κ2) is 11.7. The summed E-state index contributed by atoms with van der Waals surface area (Å²) in [7, 11) is -2.63. The number of amides is 1. The molecule has 0 aliphatic carbocycles. The van der Waals surface area contributed by atoms with Gasteiger partial charge in [-0.3, -0.25) is 9.10 Å². The number of sulfonamides is 1. The maximum Gasteiger partial charge on any atom is 0.264 e. The van der Waals surface area contributed by atoms with Crippen molar-refractivity contribution in [3.8, 4) is 11.5 Å². The third kappa shape index (κ3) is 6.64. The van der Waals surface area contributed by atoms with Gasteiger partial charge in [0.15, 0.2) is 0 Å². The Morgan fingerprint density at radius 3 is 2.49 bits per heavy atom. The highest BCUT2D eigenvalue weighted by molar-refractivity contribution is 8.00. The van der Waals surface area contributed by atoms with Crippen LogP contribution in [0.15, 0.2) is 76.7 Å². The number of benzene rings is 3. The van der Waals surface area contributed by atoms with Crippen LogP contribution in [0.1, 0.15) is 16.7 Å². The number of hydrazone groups is 1. The molecule has 1 saturated heterocycles. The van der Waals surface area contributed by atoms with E-state index in [0.717, 1.165) is 38.3 Å². The summed E-state index contributed by atoms with van der Waals surface area (Å²) in [4.78, 5) is 13.0. The van der Waals surface area contributed by atoms with Gasteiger partial charge in [-0.2, -0.15) is 16.9 Å². The predicted octanol–water partition coefficient (Wildman–Crippen LogP) is 4.15. The van der Waals surface area contributed by atoms with E-state index in [1.54, 1.807) is 24.3 Å². The number of carbonyl (C=O) groups excluding carboxylic acids is 1. The van der Waals surface area contributed by atoms with Crippen LogP contribution >= 0.6 is 11.8 Å². The normalized spacial score (nSPS) is 13.7. The molecule has 0 bridgehead atoms. The standard InChI is InChI=1S/C27H29N3O5S2/c1-19-7-10-24(11-8-19)37(32,33)30(25-13-20(2)9-12-26(25)34-3)16-27(31)29-28-15-21-5-4-6-22(14-21)35-23-17-36-18-23/h4-15,23H,16-18H2,1-3H3,(H,29,31)/b28-15-. The fourth-order valence-electron chi connectivity index (χ4n) is 3.62. The molecule has 194 valence electrons. The molecule has 8 nitrogen and oxygen atoms in total. The average Bonchev–Trinajstić information content (AvgIpc) is 2.85. The molecule has 1 N–H and O–H groups in total. The van der Waals surface area contributed by atoms with Crippen molar-refractivity contribution >= 4 is 39.6 Å². The number of nitrogens with one attached hydrogen (secondary N) is 1. The molecule has 0 saturated carbocycles. The van der Waals surface area contributed by atoms with Crippen LogP contribution in [0.2, 0.25) is 0 Å². The van der Waals surface area contributed by atoms with E-state index >= 15 is 0 Å². The summed E-state index contributed by atoms with van der Waals surface area (Å²) >= 11 is 1.84.